The number of piperazine rings is 1. The summed E-state index contributed by atoms with van der Waals surface area (Å²) in [5.41, 5.74) is 6.48. The average molecular weight is 732 g/mol. The zero-order chi connectivity index (χ0) is 37.3. The Morgan fingerprint density at radius 1 is 0.906 bits per heavy atom. The van der Waals surface area contributed by atoms with Crippen molar-refractivity contribution >= 4 is 34.8 Å². The number of amides is 2. The molecule has 0 bridgehead atoms. The summed E-state index contributed by atoms with van der Waals surface area (Å²) < 4.78 is 30.7. The predicted molar refractivity (Wildman–Crippen MR) is 199 cm³/mol. The van der Waals surface area contributed by atoms with Crippen LogP contribution in [-0.2, 0) is 43.1 Å². The monoisotopic (exact) mass is 731 g/mol. The van der Waals surface area contributed by atoms with Crippen molar-refractivity contribution in [1.29, 1.82) is 0 Å². The number of nitrogens with zero attached hydrogens (tertiary/aromatic N) is 7. The van der Waals surface area contributed by atoms with Crippen LogP contribution in [-0.4, -0.2) is 128 Å². The van der Waals surface area contributed by atoms with Crippen LogP contribution in [0, 0.1) is 13.8 Å². The standard InChI is InChI=1S/C37H49N9O7/c1-25-34(26(2)46(42-25)16-17-52-20-21-53-19-18-49-3)40-36(48)29-10-11-45-31(29)9-6-27-23-38-37(41-35(27)45)39-30-8-7-28(22-32(30)51-5)43-12-14-44(15-13-43)33(47)24-50-4/h7-8,10-11,22-23H,6,9,12-21,24H2,1-5H3,(H,40,48)(H,38,39,41). The van der Waals surface area contributed by atoms with Gasteiger partial charge in [-0.25, -0.2) is 4.98 Å². The molecule has 4 aromatic rings. The Labute approximate surface area is 309 Å². The van der Waals surface area contributed by atoms with Crippen molar-refractivity contribution in [2.24, 2.45) is 0 Å². The molecule has 53 heavy (non-hydrogen) atoms. The van der Waals surface area contributed by atoms with E-state index in [2.05, 4.69) is 25.6 Å². The van der Waals surface area contributed by atoms with Crippen molar-refractivity contribution in [3.63, 3.8) is 0 Å². The third-order valence-electron chi connectivity index (χ3n) is 9.51. The Morgan fingerprint density at radius 3 is 2.43 bits per heavy atom. The van der Waals surface area contributed by atoms with Crippen LogP contribution >= 0.6 is 0 Å². The van der Waals surface area contributed by atoms with Crippen LogP contribution in [0.3, 0.4) is 0 Å². The van der Waals surface area contributed by atoms with Gasteiger partial charge in [-0.3, -0.25) is 14.3 Å². The minimum absolute atomic E-state index is 0.00415. The van der Waals surface area contributed by atoms with Crippen molar-refractivity contribution in [1.82, 2.24) is 29.2 Å². The van der Waals surface area contributed by atoms with Crippen LogP contribution in [0.4, 0.5) is 23.0 Å². The van der Waals surface area contributed by atoms with Gasteiger partial charge in [0, 0.05) is 75.8 Å². The van der Waals surface area contributed by atoms with E-state index >= 15 is 0 Å². The van der Waals surface area contributed by atoms with Crippen LogP contribution < -0.4 is 20.3 Å². The fraction of sp³-hybridized carbons (Fsp3) is 0.486. The molecular formula is C37H49N9O7. The third-order valence-corrected chi connectivity index (χ3v) is 9.51. The summed E-state index contributed by atoms with van der Waals surface area (Å²) in [5.74, 6) is 1.59. The van der Waals surface area contributed by atoms with Crippen LogP contribution in [0.25, 0.3) is 5.82 Å². The summed E-state index contributed by atoms with van der Waals surface area (Å²) in [7, 11) is 4.80. The maximum Gasteiger partial charge on any atom is 0.257 e. The van der Waals surface area contributed by atoms with Gasteiger partial charge in [0.25, 0.3) is 5.91 Å². The minimum Gasteiger partial charge on any atom is -0.494 e. The topological polar surface area (TPSA) is 159 Å². The molecule has 2 aliphatic rings. The lowest BCUT2D eigenvalue weighted by molar-refractivity contribution is -0.135. The van der Waals surface area contributed by atoms with Gasteiger partial charge in [0.05, 0.1) is 75.0 Å². The number of hydrogen-bond donors (Lipinski definition) is 2. The van der Waals surface area contributed by atoms with Gasteiger partial charge < -0.3 is 48.7 Å². The van der Waals surface area contributed by atoms with Gasteiger partial charge in [-0.05, 0) is 44.9 Å². The Kier molecular flexibility index (Phi) is 12.6. The van der Waals surface area contributed by atoms with E-state index in [4.69, 9.17) is 28.7 Å². The fourth-order valence-electron chi connectivity index (χ4n) is 6.64. The molecule has 1 saturated heterocycles. The van der Waals surface area contributed by atoms with Gasteiger partial charge in [0.15, 0.2) is 0 Å². The van der Waals surface area contributed by atoms with E-state index in [9.17, 15) is 9.59 Å². The Hall–Kier alpha value is -5.03. The highest BCUT2D eigenvalue weighted by Crippen LogP contribution is 2.33. The SMILES string of the molecule is COCCOCCOCCn1nc(C)c(NC(=O)c2ccn3c2CCc2cnc(Nc4ccc(N5CCN(C(=O)COC)CC5)cc4OC)nc2-3)c1C. The predicted octanol–water partition coefficient (Wildman–Crippen LogP) is 3.16. The molecule has 0 aliphatic carbocycles. The van der Waals surface area contributed by atoms with Crippen LogP contribution in [0.1, 0.15) is 33.0 Å². The number of methoxy groups -OCH3 is 3. The maximum absolute atomic E-state index is 13.7. The second-order valence-corrected chi connectivity index (χ2v) is 12.8. The number of carbonyl (C=O) groups is 2. The first kappa shape index (κ1) is 37.7. The molecule has 3 aromatic heterocycles. The zero-order valence-electron chi connectivity index (χ0n) is 31.1. The number of ether oxygens (including phenoxy) is 5. The largest absolute Gasteiger partial charge is 0.494 e. The number of fused-ring (bicyclic) bond motifs is 3. The summed E-state index contributed by atoms with van der Waals surface area (Å²) in [4.78, 5) is 39.4. The van der Waals surface area contributed by atoms with Crippen LogP contribution in [0.5, 0.6) is 5.75 Å². The Morgan fingerprint density at radius 2 is 1.68 bits per heavy atom. The molecule has 2 amide bonds. The number of aryl methyl sites for hydroxylation is 2. The van der Waals surface area contributed by atoms with Gasteiger partial charge in [-0.1, -0.05) is 0 Å². The molecule has 0 unspecified atom stereocenters. The number of carbonyl (C=O) groups excluding carboxylic acids is 2. The lowest BCUT2D eigenvalue weighted by Gasteiger charge is -2.36. The summed E-state index contributed by atoms with van der Waals surface area (Å²) in [6.45, 7) is 9.73. The highest BCUT2D eigenvalue weighted by molar-refractivity contribution is 6.06. The fourth-order valence-corrected chi connectivity index (χ4v) is 6.64. The molecule has 284 valence electrons. The van der Waals surface area contributed by atoms with E-state index in [0.717, 1.165) is 39.8 Å². The van der Waals surface area contributed by atoms with E-state index in [0.29, 0.717) is 102 Å². The minimum atomic E-state index is -0.197. The molecule has 0 spiro atoms. The number of rotatable bonds is 17. The molecular weight excluding hydrogens is 682 g/mol. The van der Waals surface area contributed by atoms with Crippen LogP contribution in [0.15, 0.2) is 36.7 Å². The maximum atomic E-state index is 13.7. The molecule has 0 radical (unpaired) electrons. The first-order chi connectivity index (χ1) is 25.8. The lowest BCUT2D eigenvalue weighted by atomic mass is 10.0. The highest BCUT2D eigenvalue weighted by Gasteiger charge is 2.26. The summed E-state index contributed by atoms with van der Waals surface area (Å²) in [6.07, 6.45) is 5.09. The quantitative estimate of drug-likeness (QED) is 0.153. The molecule has 16 heteroatoms. The second-order valence-electron chi connectivity index (χ2n) is 12.8. The number of aromatic nitrogens is 5. The Bertz CT molecular complexity index is 1880. The molecule has 0 saturated carbocycles. The van der Waals surface area contributed by atoms with Gasteiger partial charge >= 0.3 is 0 Å². The second kappa shape index (κ2) is 17.7. The third kappa shape index (κ3) is 8.79. The van der Waals surface area contributed by atoms with E-state index in [-0.39, 0.29) is 18.4 Å². The number of anilines is 4. The molecule has 2 N–H and O–H groups in total. The molecule has 16 nitrogen and oxygen atoms in total. The van der Waals surface area contributed by atoms with Crippen LogP contribution in [0.2, 0.25) is 0 Å². The molecule has 2 aliphatic heterocycles. The number of benzene rings is 1. The number of nitrogens with one attached hydrogen (secondary N) is 2. The van der Waals surface area contributed by atoms with E-state index in [1.165, 1.54) is 7.11 Å². The zero-order valence-corrected chi connectivity index (χ0v) is 31.1. The van der Waals surface area contributed by atoms with Gasteiger partial charge in [0.2, 0.25) is 11.9 Å². The molecule has 5 heterocycles. The van der Waals surface area contributed by atoms with Crippen molar-refractivity contribution in [3.8, 4) is 11.6 Å². The average Bonchev–Trinajstić information content (AvgIpc) is 3.73. The lowest BCUT2D eigenvalue weighted by Crippen LogP contribution is -2.49. The van der Waals surface area contributed by atoms with Gasteiger partial charge in [-0.2, -0.15) is 10.1 Å². The molecule has 1 aromatic carbocycles. The van der Waals surface area contributed by atoms with Gasteiger partial charge in [-0.15, -0.1) is 0 Å². The van der Waals surface area contributed by atoms with Crippen molar-refractivity contribution < 1.29 is 33.3 Å². The van der Waals surface area contributed by atoms with E-state index < -0.39 is 0 Å². The van der Waals surface area contributed by atoms with Crippen molar-refractivity contribution in [2.45, 2.75) is 33.2 Å². The summed E-state index contributed by atoms with van der Waals surface area (Å²) in [6, 6.07) is 7.78. The molecule has 6 rings (SSSR count). The molecule has 1 fully saturated rings. The van der Waals surface area contributed by atoms with Crippen molar-refractivity contribution in [2.75, 3.05) is 103 Å². The van der Waals surface area contributed by atoms with E-state index in [1.807, 2.05) is 64.7 Å². The Balaban J connectivity index is 1.09. The van der Waals surface area contributed by atoms with Crippen molar-refractivity contribution in [3.05, 3.63) is 64.9 Å². The first-order valence-corrected chi connectivity index (χ1v) is 17.8. The smallest absolute Gasteiger partial charge is 0.257 e. The number of hydrogen-bond acceptors (Lipinski definition) is 12. The summed E-state index contributed by atoms with van der Waals surface area (Å²) >= 11 is 0. The molecule has 0 atom stereocenters. The van der Waals surface area contributed by atoms with E-state index in [1.54, 1.807) is 14.2 Å². The van der Waals surface area contributed by atoms with Gasteiger partial charge in [0.1, 0.15) is 18.2 Å². The first-order valence-electron chi connectivity index (χ1n) is 17.8. The summed E-state index contributed by atoms with van der Waals surface area (Å²) in [5, 5.41) is 11.1. The highest BCUT2D eigenvalue weighted by atomic mass is 16.5. The normalized spacial score (nSPS) is 13.8.